The van der Waals surface area contributed by atoms with E-state index in [1.165, 1.54) is 15.9 Å². The van der Waals surface area contributed by atoms with Crippen LogP contribution in [-0.2, 0) is 11.2 Å². The Bertz CT molecular complexity index is 992. The number of aryl methyl sites for hydroxylation is 1. The highest BCUT2D eigenvalue weighted by atomic mass is 79.9. The van der Waals surface area contributed by atoms with Gasteiger partial charge in [0.05, 0.1) is 10.9 Å². The number of rotatable bonds is 5. The predicted molar refractivity (Wildman–Crippen MR) is 111 cm³/mol. The molecule has 0 saturated carbocycles. The van der Waals surface area contributed by atoms with Gasteiger partial charge in [-0.15, -0.1) is 5.10 Å². The van der Waals surface area contributed by atoms with Gasteiger partial charge in [-0.1, -0.05) is 46.3 Å². The van der Waals surface area contributed by atoms with Gasteiger partial charge in [-0.2, -0.15) is 4.52 Å². The van der Waals surface area contributed by atoms with Crippen molar-refractivity contribution in [3.05, 3.63) is 45.0 Å². The van der Waals surface area contributed by atoms with Crippen LogP contribution in [0.1, 0.15) is 42.1 Å². The molecule has 0 aliphatic carbocycles. The molecule has 1 atom stereocenters. The number of nitrogens with zero attached hydrogens (tertiary/aromatic N) is 4. The number of primary amides is 1. The summed E-state index contributed by atoms with van der Waals surface area (Å²) in [7, 11) is 0. The third-order valence-electron chi connectivity index (χ3n) is 5.29. The highest BCUT2D eigenvalue weighted by Crippen LogP contribution is 2.41. The van der Waals surface area contributed by atoms with Crippen LogP contribution >= 0.6 is 27.3 Å². The molecule has 1 amide bonds. The van der Waals surface area contributed by atoms with Crippen LogP contribution < -0.4 is 5.73 Å². The molecular formula is C19H22BrN5O2S. The van der Waals surface area contributed by atoms with Crippen molar-refractivity contribution in [2.75, 3.05) is 13.1 Å². The van der Waals surface area contributed by atoms with Crippen LogP contribution in [0.25, 0.3) is 4.96 Å². The first-order chi connectivity index (χ1) is 13.5. The molecule has 3 N–H and O–H groups in total. The summed E-state index contributed by atoms with van der Waals surface area (Å²) in [5, 5.41) is 15.3. The van der Waals surface area contributed by atoms with E-state index in [0.29, 0.717) is 4.96 Å². The number of thiazole rings is 1. The Morgan fingerprint density at radius 2 is 2.04 bits per heavy atom. The van der Waals surface area contributed by atoms with Crippen LogP contribution in [0.5, 0.6) is 5.88 Å². The van der Waals surface area contributed by atoms with Crippen LogP contribution in [0.4, 0.5) is 0 Å². The summed E-state index contributed by atoms with van der Waals surface area (Å²) >= 11 is 4.95. The fourth-order valence-electron chi connectivity index (χ4n) is 3.73. The van der Waals surface area contributed by atoms with Crippen LogP contribution in [0.3, 0.4) is 0 Å². The first-order valence-electron chi connectivity index (χ1n) is 9.34. The summed E-state index contributed by atoms with van der Waals surface area (Å²) in [4.78, 5) is 19.9. The molecule has 7 nitrogen and oxygen atoms in total. The predicted octanol–water partition coefficient (Wildman–Crippen LogP) is 3.11. The van der Waals surface area contributed by atoms with E-state index in [-0.39, 0.29) is 23.7 Å². The van der Waals surface area contributed by atoms with Crippen LogP contribution in [-0.4, -0.2) is 43.6 Å². The van der Waals surface area contributed by atoms with Crippen molar-refractivity contribution in [1.82, 2.24) is 19.5 Å². The largest absolute Gasteiger partial charge is 0.492 e. The molecule has 3 heterocycles. The number of benzene rings is 1. The SMILES string of the molecule is CCc1nc2sc([C@H](c3ccc(Br)cc3)N3CCC(C(N)=O)CC3)c(O)n2n1. The lowest BCUT2D eigenvalue weighted by atomic mass is 9.93. The fraction of sp³-hybridized carbons (Fsp3) is 0.421. The average molecular weight is 464 g/mol. The van der Waals surface area contributed by atoms with Gasteiger partial charge in [0, 0.05) is 16.8 Å². The van der Waals surface area contributed by atoms with Gasteiger partial charge in [-0.05, 0) is 43.6 Å². The van der Waals surface area contributed by atoms with Crippen molar-refractivity contribution in [3.8, 4) is 5.88 Å². The van der Waals surface area contributed by atoms with E-state index in [2.05, 4.69) is 43.0 Å². The second kappa shape index (κ2) is 7.81. The van der Waals surface area contributed by atoms with Crippen LogP contribution in [0.15, 0.2) is 28.7 Å². The molecule has 9 heteroatoms. The summed E-state index contributed by atoms with van der Waals surface area (Å²) in [6.45, 7) is 3.47. The summed E-state index contributed by atoms with van der Waals surface area (Å²) in [6.07, 6.45) is 2.17. The van der Waals surface area contributed by atoms with Crippen molar-refractivity contribution >= 4 is 38.1 Å². The van der Waals surface area contributed by atoms with Gasteiger partial charge in [0.2, 0.25) is 16.7 Å². The number of amides is 1. The van der Waals surface area contributed by atoms with Crippen molar-refractivity contribution < 1.29 is 9.90 Å². The number of hydrogen-bond acceptors (Lipinski definition) is 6. The minimum Gasteiger partial charge on any atom is -0.492 e. The molecule has 148 valence electrons. The number of fused-ring (bicyclic) bond motifs is 1. The molecular weight excluding hydrogens is 442 g/mol. The van der Waals surface area contributed by atoms with E-state index < -0.39 is 0 Å². The summed E-state index contributed by atoms with van der Waals surface area (Å²) in [5.41, 5.74) is 6.58. The molecule has 0 bridgehead atoms. The number of halogens is 1. The topological polar surface area (TPSA) is 96.8 Å². The van der Waals surface area contributed by atoms with Crippen molar-refractivity contribution in [2.45, 2.75) is 32.2 Å². The molecule has 1 fully saturated rings. The zero-order valence-corrected chi connectivity index (χ0v) is 17.9. The Morgan fingerprint density at radius 3 is 2.61 bits per heavy atom. The summed E-state index contributed by atoms with van der Waals surface area (Å²) in [6, 6.07) is 7.99. The Balaban J connectivity index is 1.73. The van der Waals surface area contributed by atoms with E-state index in [4.69, 9.17) is 5.73 Å². The number of aromatic nitrogens is 3. The second-order valence-corrected chi connectivity index (χ2v) is 8.96. The second-order valence-electron chi connectivity index (χ2n) is 7.03. The maximum absolute atomic E-state index is 11.5. The van der Waals surface area contributed by atoms with Crippen LogP contribution in [0.2, 0.25) is 0 Å². The maximum Gasteiger partial charge on any atom is 0.230 e. The number of piperidine rings is 1. The number of likely N-dealkylation sites (tertiary alicyclic amines) is 1. The number of aromatic hydroxyl groups is 1. The maximum atomic E-state index is 11.5. The van der Waals surface area contributed by atoms with Gasteiger partial charge < -0.3 is 10.8 Å². The van der Waals surface area contributed by atoms with Gasteiger partial charge in [0.1, 0.15) is 0 Å². The molecule has 0 spiro atoms. The molecule has 3 aromatic rings. The average Bonchev–Trinajstić information content (AvgIpc) is 3.23. The molecule has 28 heavy (non-hydrogen) atoms. The normalized spacial score (nSPS) is 17.2. The lowest BCUT2D eigenvalue weighted by Crippen LogP contribution is -2.40. The molecule has 0 radical (unpaired) electrons. The van der Waals surface area contributed by atoms with E-state index >= 15 is 0 Å². The lowest BCUT2D eigenvalue weighted by molar-refractivity contribution is -0.123. The Morgan fingerprint density at radius 1 is 1.36 bits per heavy atom. The fourth-order valence-corrected chi connectivity index (χ4v) is 5.13. The molecule has 1 saturated heterocycles. The molecule has 0 unspecified atom stereocenters. The molecule has 1 aromatic carbocycles. The molecule has 2 aromatic heterocycles. The molecule has 4 rings (SSSR count). The first-order valence-corrected chi connectivity index (χ1v) is 10.9. The molecule has 1 aliphatic rings. The lowest BCUT2D eigenvalue weighted by Gasteiger charge is -2.36. The van der Waals surface area contributed by atoms with E-state index in [0.717, 1.165) is 53.1 Å². The Hall–Kier alpha value is -1.97. The van der Waals surface area contributed by atoms with E-state index in [9.17, 15) is 9.90 Å². The van der Waals surface area contributed by atoms with Gasteiger partial charge in [0.25, 0.3) is 0 Å². The summed E-state index contributed by atoms with van der Waals surface area (Å²) in [5.74, 6) is 0.547. The van der Waals surface area contributed by atoms with Crippen molar-refractivity contribution in [2.24, 2.45) is 11.7 Å². The highest BCUT2D eigenvalue weighted by molar-refractivity contribution is 9.10. The zero-order chi connectivity index (χ0) is 19.8. The third-order valence-corrected chi connectivity index (χ3v) is 6.89. The molecule has 1 aliphatic heterocycles. The van der Waals surface area contributed by atoms with Crippen LogP contribution in [0, 0.1) is 5.92 Å². The minimum atomic E-state index is -0.228. The van der Waals surface area contributed by atoms with E-state index in [1.54, 1.807) is 0 Å². The number of nitrogens with two attached hydrogens (primary N) is 1. The van der Waals surface area contributed by atoms with Gasteiger partial charge in [-0.25, -0.2) is 4.98 Å². The van der Waals surface area contributed by atoms with Gasteiger partial charge >= 0.3 is 0 Å². The standard InChI is InChI=1S/C19H22BrN5O2S/c1-2-14-22-19-25(23-14)18(27)16(28-19)15(11-3-5-13(20)6-4-11)24-9-7-12(8-10-24)17(21)26/h3-6,12,15,27H,2,7-10H2,1H3,(H2,21,26)/t15-/m0/s1. The number of carbonyl (C=O) groups excluding carboxylic acids is 1. The Kier molecular flexibility index (Phi) is 5.39. The monoisotopic (exact) mass is 463 g/mol. The number of hydrogen-bond donors (Lipinski definition) is 2. The van der Waals surface area contributed by atoms with Crippen molar-refractivity contribution in [1.29, 1.82) is 0 Å². The quantitative estimate of drug-likeness (QED) is 0.605. The van der Waals surface area contributed by atoms with Gasteiger partial charge in [0.15, 0.2) is 5.82 Å². The minimum absolute atomic E-state index is 0.0788. The van der Waals surface area contributed by atoms with E-state index in [1.807, 2.05) is 19.1 Å². The van der Waals surface area contributed by atoms with Crippen molar-refractivity contribution in [3.63, 3.8) is 0 Å². The summed E-state index contributed by atoms with van der Waals surface area (Å²) < 4.78 is 2.53. The third kappa shape index (κ3) is 3.54. The zero-order valence-electron chi connectivity index (χ0n) is 15.5. The smallest absolute Gasteiger partial charge is 0.230 e. The van der Waals surface area contributed by atoms with Gasteiger partial charge in [-0.3, -0.25) is 9.69 Å². The number of carbonyl (C=O) groups is 1. The Labute approximate surface area is 175 Å². The highest BCUT2D eigenvalue weighted by Gasteiger charge is 2.33. The first kappa shape index (κ1) is 19.4.